The first-order valence-corrected chi connectivity index (χ1v) is 9.97. The van der Waals surface area contributed by atoms with Crippen LogP contribution in [0.4, 0.5) is 11.4 Å². The summed E-state index contributed by atoms with van der Waals surface area (Å²) >= 11 is 11.4. The van der Waals surface area contributed by atoms with Gasteiger partial charge >= 0.3 is 0 Å². The van der Waals surface area contributed by atoms with Crippen molar-refractivity contribution >= 4 is 51.3 Å². The number of thiocarbonyl (C=S) groups is 1. The van der Waals surface area contributed by atoms with Gasteiger partial charge in [-0.05, 0) is 66.8 Å². The zero-order chi connectivity index (χ0) is 20.9. The number of para-hydroxylation sites is 2. The summed E-state index contributed by atoms with van der Waals surface area (Å²) < 4.78 is 11.1. The molecule has 152 valence electrons. The number of hydrogen-bond donors (Lipinski definition) is 3. The van der Waals surface area contributed by atoms with Gasteiger partial charge in [0.05, 0.1) is 23.8 Å². The van der Waals surface area contributed by atoms with Crippen LogP contribution >= 0.6 is 23.8 Å². The van der Waals surface area contributed by atoms with Gasteiger partial charge in [0.15, 0.2) is 5.11 Å². The lowest BCUT2D eigenvalue weighted by molar-refractivity contribution is 0.297. The van der Waals surface area contributed by atoms with E-state index >= 15 is 0 Å². The lowest BCUT2D eigenvalue weighted by atomic mass is 10.3. The molecule has 0 atom stereocenters. The molecule has 0 radical (unpaired) electrons. The number of halogens is 1. The van der Waals surface area contributed by atoms with Crippen LogP contribution in [0.25, 0.3) is 11.0 Å². The van der Waals surface area contributed by atoms with E-state index in [0.717, 1.165) is 39.7 Å². The van der Waals surface area contributed by atoms with Gasteiger partial charge in [-0.2, -0.15) is 0 Å². The number of methoxy groups -OCH3 is 1. The molecule has 0 spiro atoms. The molecule has 1 heterocycles. The van der Waals surface area contributed by atoms with Gasteiger partial charge in [0.25, 0.3) is 0 Å². The fourth-order valence-corrected chi connectivity index (χ4v) is 3.32. The summed E-state index contributed by atoms with van der Waals surface area (Å²) in [6.45, 7) is 0.326. The van der Waals surface area contributed by atoms with Crippen LogP contribution in [0.5, 0.6) is 11.5 Å². The third kappa shape index (κ3) is 4.82. The fourth-order valence-electron chi connectivity index (χ4n) is 2.92. The summed E-state index contributed by atoms with van der Waals surface area (Å²) in [6.07, 6.45) is 0. The third-order valence-corrected chi connectivity index (χ3v) is 4.78. The number of aromatic nitrogens is 2. The van der Waals surface area contributed by atoms with E-state index in [1.165, 1.54) is 0 Å². The van der Waals surface area contributed by atoms with E-state index in [0.29, 0.717) is 16.7 Å². The Labute approximate surface area is 184 Å². The molecule has 3 aromatic carbocycles. The molecule has 4 rings (SSSR count). The van der Waals surface area contributed by atoms with E-state index in [-0.39, 0.29) is 0 Å². The molecule has 0 bridgehead atoms. The van der Waals surface area contributed by atoms with Gasteiger partial charge in [-0.15, -0.1) is 0 Å². The summed E-state index contributed by atoms with van der Waals surface area (Å²) in [7, 11) is 1.62. The minimum Gasteiger partial charge on any atom is -0.495 e. The molecular formula is C22H19ClN4O2S. The van der Waals surface area contributed by atoms with Crippen molar-refractivity contribution in [3.63, 3.8) is 0 Å². The van der Waals surface area contributed by atoms with Crippen molar-refractivity contribution in [2.45, 2.75) is 6.61 Å². The number of nitrogens with zero attached hydrogens (tertiary/aromatic N) is 1. The number of imidazole rings is 1. The molecule has 0 amide bonds. The summed E-state index contributed by atoms with van der Waals surface area (Å²) in [5.74, 6) is 2.18. The number of nitrogens with one attached hydrogen (secondary N) is 3. The number of ether oxygens (including phenoxy) is 2. The molecule has 30 heavy (non-hydrogen) atoms. The van der Waals surface area contributed by atoms with Crippen molar-refractivity contribution in [3.05, 3.63) is 77.6 Å². The lowest BCUT2D eigenvalue weighted by Crippen LogP contribution is -2.19. The molecule has 0 saturated carbocycles. The highest BCUT2D eigenvalue weighted by atomic mass is 35.5. The Balaban J connectivity index is 1.33. The highest BCUT2D eigenvalue weighted by Crippen LogP contribution is 2.24. The summed E-state index contributed by atoms with van der Waals surface area (Å²) in [5.41, 5.74) is 3.38. The van der Waals surface area contributed by atoms with Crippen LogP contribution in [0.15, 0.2) is 66.7 Å². The van der Waals surface area contributed by atoms with Gasteiger partial charge in [0, 0.05) is 10.7 Å². The first kappa shape index (κ1) is 20.0. The van der Waals surface area contributed by atoms with Gasteiger partial charge in [-0.3, -0.25) is 0 Å². The predicted molar refractivity (Wildman–Crippen MR) is 125 cm³/mol. The normalized spacial score (nSPS) is 10.6. The maximum atomic E-state index is 6.01. The van der Waals surface area contributed by atoms with Crippen LogP contribution in [-0.2, 0) is 6.61 Å². The fraction of sp³-hybridized carbons (Fsp3) is 0.0909. The highest BCUT2D eigenvalue weighted by Gasteiger charge is 2.06. The minimum absolute atomic E-state index is 0.326. The topological polar surface area (TPSA) is 71.2 Å². The Morgan fingerprint density at radius 3 is 2.67 bits per heavy atom. The number of benzene rings is 3. The second-order valence-electron chi connectivity index (χ2n) is 6.44. The zero-order valence-corrected chi connectivity index (χ0v) is 17.7. The molecule has 0 fully saturated rings. The monoisotopic (exact) mass is 438 g/mol. The van der Waals surface area contributed by atoms with Gasteiger partial charge in [0.1, 0.15) is 23.9 Å². The highest BCUT2D eigenvalue weighted by molar-refractivity contribution is 7.80. The molecule has 0 aliphatic heterocycles. The number of rotatable bonds is 6. The lowest BCUT2D eigenvalue weighted by Gasteiger charge is -2.13. The Bertz CT molecular complexity index is 1180. The maximum Gasteiger partial charge on any atom is 0.175 e. The van der Waals surface area contributed by atoms with Crippen molar-refractivity contribution in [2.75, 3.05) is 17.7 Å². The number of hydrogen-bond acceptors (Lipinski definition) is 4. The van der Waals surface area contributed by atoms with Crippen molar-refractivity contribution < 1.29 is 9.47 Å². The quantitative estimate of drug-likeness (QED) is 0.340. The Morgan fingerprint density at radius 1 is 1.07 bits per heavy atom. The molecule has 0 unspecified atom stereocenters. The van der Waals surface area contributed by atoms with E-state index in [1.54, 1.807) is 7.11 Å². The minimum atomic E-state index is 0.326. The van der Waals surface area contributed by atoms with Crippen LogP contribution < -0.4 is 20.1 Å². The summed E-state index contributed by atoms with van der Waals surface area (Å²) in [4.78, 5) is 7.70. The first-order chi connectivity index (χ1) is 14.6. The van der Waals surface area contributed by atoms with Crippen molar-refractivity contribution in [1.29, 1.82) is 0 Å². The van der Waals surface area contributed by atoms with Crippen LogP contribution in [-0.4, -0.2) is 22.2 Å². The molecule has 0 saturated heterocycles. The number of anilines is 2. The van der Waals surface area contributed by atoms with E-state index < -0.39 is 0 Å². The Morgan fingerprint density at radius 2 is 1.87 bits per heavy atom. The molecule has 0 aliphatic rings. The van der Waals surface area contributed by atoms with Crippen molar-refractivity contribution in [1.82, 2.24) is 9.97 Å². The summed E-state index contributed by atoms with van der Waals surface area (Å²) in [6, 6.07) is 20.6. The molecule has 0 aliphatic carbocycles. The molecule has 4 aromatic rings. The van der Waals surface area contributed by atoms with Crippen molar-refractivity contribution in [3.8, 4) is 11.5 Å². The first-order valence-electron chi connectivity index (χ1n) is 9.19. The molecule has 6 nitrogen and oxygen atoms in total. The predicted octanol–water partition coefficient (Wildman–Crippen LogP) is 5.61. The second kappa shape index (κ2) is 9.02. The van der Waals surface area contributed by atoms with Gasteiger partial charge in [0.2, 0.25) is 0 Å². The van der Waals surface area contributed by atoms with Crippen LogP contribution in [0.3, 0.4) is 0 Å². The average Bonchev–Trinajstić information content (AvgIpc) is 3.15. The number of H-pyrrole nitrogens is 1. The van der Waals surface area contributed by atoms with E-state index in [1.807, 2.05) is 66.7 Å². The third-order valence-electron chi connectivity index (χ3n) is 4.34. The van der Waals surface area contributed by atoms with E-state index in [2.05, 4.69) is 20.6 Å². The van der Waals surface area contributed by atoms with Crippen LogP contribution in [0.1, 0.15) is 5.82 Å². The largest absolute Gasteiger partial charge is 0.495 e. The molecule has 1 aromatic heterocycles. The van der Waals surface area contributed by atoms with Crippen LogP contribution in [0.2, 0.25) is 5.02 Å². The molecular weight excluding hydrogens is 420 g/mol. The smallest absolute Gasteiger partial charge is 0.175 e. The van der Waals surface area contributed by atoms with Crippen LogP contribution in [0, 0.1) is 0 Å². The summed E-state index contributed by atoms with van der Waals surface area (Å²) in [5, 5.41) is 7.41. The molecule has 3 N–H and O–H groups in total. The Hall–Kier alpha value is -3.29. The SMILES string of the molecule is COc1ccccc1NC(=S)Nc1ccc(OCc2nc3ccc(Cl)cc3[nH]2)cc1. The van der Waals surface area contributed by atoms with E-state index in [4.69, 9.17) is 33.3 Å². The van der Waals surface area contributed by atoms with Gasteiger partial charge in [-0.1, -0.05) is 23.7 Å². The standard InChI is InChI=1S/C22H19ClN4O2S/c1-28-20-5-3-2-4-18(20)27-22(30)24-15-7-9-16(10-8-15)29-13-21-25-17-11-6-14(23)12-19(17)26-21/h2-12H,13H2,1H3,(H,25,26)(H2,24,27,30). The van der Waals surface area contributed by atoms with Gasteiger partial charge in [-0.25, -0.2) is 4.98 Å². The van der Waals surface area contributed by atoms with Crippen molar-refractivity contribution in [2.24, 2.45) is 0 Å². The maximum absolute atomic E-state index is 6.01. The van der Waals surface area contributed by atoms with Gasteiger partial charge < -0.3 is 25.1 Å². The molecule has 8 heteroatoms. The average molecular weight is 439 g/mol. The number of aromatic amines is 1. The zero-order valence-electron chi connectivity index (χ0n) is 16.1. The van der Waals surface area contributed by atoms with E-state index in [9.17, 15) is 0 Å². The second-order valence-corrected chi connectivity index (χ2v) is 7.28. The Kier molecular flexibility index (Phi) is 6.02. The number of fused-ring (bicyclic) bond motifs is 1.